The minimum atomic E-state index is -2.99. The van der Waals surface area contributed by atoms with Crippen molar-refractivity contribution in [2.75, 3.05) is 16.8 Å². The number of aromatic nitrogens is 4. The highest BCUT2D eigenvalue weighted by Crippen LogP contribution is 2.23. The van der Waals surface area contributed by atoms with Crippen LogP contribution in [0.1, 0.15) is 13.3 Å². The normalized spacial score (nSPS) is 24.0. The van der Waals surface area contributed by atoms with E-state index in [0.717, 1.165) is 0 Å². The molecule has 3 heterocycles. The van der Waals surface area contributed by atoms with Gasteiger partial charge in [-0.1, -0.05) is 0 Å². The fourth-order valence-electron chi connectivity index (χ4n) is 2.38. The molecular formula is C11H14N6O2S2. The summed E-state index contributed by atoms with van der Waals surface area (Å²) in [5.41, 5.74) is 0.624. The molecule has 1 fully saturated rings. The van der Waals surface area contributed by atoms with E-state index in [1.54, 1.807) is 0 Å². The number of hydrogen-bond donors (Lipinski definition) is 3. The van der Waals surface area contributed by atoms with Gasteiger partial charge in [-0.05, 0) is 25.6 Å². The van der Waals surface area contributed by atoms with Crippen LogP contribution in [-0.2, 0) is 9.84 Å². The summed E-state index contributed by atoms with van der Waals surface area (Å²) in [6.07, 6.45) is 3.43. The van der Waals surface area contributed by atoms with E-state index in [9.17, 15) is 8.42 Å². The van der Waals surface area contributed by atoms with Gasteiger partial charge in [0.05, 0.1) is 23.4 Å². The lowest BCUT2D eigenvalue weighted by atomic mass is 10.0. The summed E-state index contributed by atoms with van der Waals surface area (Å²) >= 11 is 5.24. The number of rotatable bonds is 2. The minimum Gasteiger partial charge on any atom is -0.356 e. The lowest BCUT2D eigenvalue weighted by molar-refractivity contribution is 0.474. The van der Waals surface area contributed by atoms with Gasteiger partial charge in [-0.15, -0.1) is 0 Å². The molecule has 112 valence electrons. The second-order valence-corrected chi connectivity index (χ2v) is 7.90. The van der Waals surface area contributed by atoms with Crippen molar-refractivity contribution in [2.45, 2.75) is 18.9 Å². The number of fused-ring (bicyclic) bond motifs is 1. The van der Waals surface area contributed by atoms with Gasteiger partial charge in [-0.25, -0.2) is 23.4 Å². The Labute approximate surface area is 126 Å². The zero-order valence-electron chi connectivity index (χ0n) is 11.3. The first-order valence-electron chi connectivity index (χ1n) is 6.31. The summed E-state index contributed by atoms with van der Waals surface area (Å²) in [6, 6.07) is 0. The molecule has 2 aromatic heterocycles. The molecule has 1 aliphatic rings. The first-order chi connectivity index (χ1) is 9.87. The Bertz CT molecular complexity index is 802. The molecular weight excluding hydrogens is 312 g/mol. The summed E-state index contributed by atoms with van der Waals surface area (Å²) in [5, 5.41) is 6.34. The molecule has 1 atom stereocenters. The van der Waals surface area contributed by atoms with Crippen molar-refractivity contribution in [3.05, 3.63) is 12.7 Å². The van der Waals surface area contributed by atoms with Gasteiger partial charge in [0.2, 0.25) is 0 Å². The lowest BCUT2D eigenvalue weighted by Crippen LogP contribution is -2.48. The van der Waals surface area contributed by atoms with Crippen molar-refractivity contribution in [1.29, 1.82) is 0 Å². The molecule has 2 aromatic rings. The highest BCUT2D eigenvalue weighted by molar-refractivity contribution is 7.91. The first kappa shape index (κ1) is 14.1. The van der Waals surface area contributed by atoms with Crippen LogP contribution in [0.25, 0.3) is 11.2 Å². The average molecular weight is 326 g/mol. The molecule has 0 saturated carbocycles. The summed E-state index contributed by atoms with van der Waals surface area (Å²) in [5.74, 6) is 0.752. The molecule has 0 unspecified atom stereocenters. The third kappa shape index (κ3) is 2.95. The van der Waals surface area contributed by atoms with Crippen molar-refractivity contribution in [3.8, 4) is 0 Å². The molecule has 8 nitrogen and oxygen atoms in total. The summed E-state index contributed by atoms with van der Waals surface area (Å²) in [4.78, 5) is 15.1. The number of nitrogens with zero attached hydrogens (tertiary/aromatic N) is 3. The maximum atomic E-state index is 11.6. The number of nitrogens with one attached hydrogen (secondary N) is 3. The zero-order chi connectivity index (χ0) is 15.1. The molecule has 1 saturated heterocycles. The minimum absolute atomic E-state index is 0.0745. The van der Waals surface area contributed by atoms with E-state index in [0.29, 0.717) is 28.5 Å². The second-order valence-electron chi connectivity index (χ2n) is 5.31. The number of anilines is 1. The Balaban J connectivity index is 1.74. The predicted molar refractivity (Wildman–Crippen MR) is 82.7 cm³/mol. The van der Waals surface area contributed by atoms with Gasteiger partial charge in [0.15, 0.2) is 26.4 Å². The van der Waals surface area contributed by atoms with E-state index in [2.05, 4.69) is 30.6 Å². The maximum absolute atomic E-state index is 11.6. The zero-order valence-corrected chi connectivity index (χ0v) is 12.9. The Morgan fingerprint density at radius 2 is 2.24 bits per heavy atom. The monoisotopic (exact) mass is 326 g/mol. The van der Waals surface area contributed by atoms with Crippen molar-refractivity contribution in [1.82, 2.24) is 25.3 Å². The van der Waals surface area contributed by atoms with Gasteiger partial charge in [-0.3, -0.25) is 0 Å². The van der Waals surface area contributed by atoms with Crippen molar-refractivity contribution < 1.29 is 8.42 Å². The fraction of sp³-hybridized carbons (Fsp3) is 0.455. The molecule has 0 aliphatic carbocycles. The molecule has 1 aliphatic heterocycles. The van der Waals surface area contributed by atoms with Crippen LogP contribution in [0.3, 0.4) is 0 Å². The van der Waals surface area contributed by atoms with Crippen molar-refractivity contribution >= 4 is 44.1 Å². The summed E-state index contributed by atoms with van der Waals surface area (Å²) in [7, 11) is -2.99. The highest BCUT2D eigenvalue weighted by Gasteiger charge is 2.38. The van der Waals surface area contributed by atoms with Gasteiger partial charge in [-0.2, -0.15) is 0 Å². The Morgan fingerprint density at radius 1 is 1.43 bits per heavy atom. The molecule has 10 heteroatoms. The van der Waals surface area contributed by atoms with Crippen LogP contribution >= 0.6 is 12.2 Å². The van der Waals surface area contributed by atoms with Gasteiger partial charge in [0.1, 0.15) is 11.8 Å². The number of aromatic amines is 1. The van der Waals surface area contributed by atoms with E-state index in [1.165, 1.54) is 12.7 Å². The molecule has 3 rings (SSSR count). The molecule has 0 radical (unpaired) electrons. The van der Waals surface area contributed by atoms with Crippen molar-refractivity contribution in [3.63, 3.8) is 0 Å². The fourth-order valence-corrected chi connectivity index (χ4v) is 4.82. The van der Waals surface area contributed by atoms with Crippen LogP contribution < -0.4 is 10.6 Å². The van der Waals surface area contributed by atoms with E-state index in [1.807, 2.05) is 6.92 Å². The summed E-state index contributed by atoms with van der Waals surface area (Å²) in [6.45, 7) is 1.84. The van der Waals surface area contributed by atoms with Crippen LogP contribution in [0.15, 0.2) is 12.7 Å². The molecule has 0 spiro atoms. The van der Waals surface area contributed by atoms with E-state index < -0.39 is 15.4 Å². The van der Waals surface area contributed by atoms with Gasteiger partial charge in [0.25, 0.3) is 0 Å². The van der Waals surface area contributed by atoms with Crippen LogP contribution in [0, 0.1) is 0 Å². The van der Waals surface area contributed by atoms with Gasteiger partial charge in [0, 0.05) is 0 Å². The smallest absolute Gasteiger partial charge is 0.182 e. The lowest BCUT2D eigenvalue weighted by Gasteiger charge is -2.25. The SMILES string of the molecule is C[C@]1(NC(=S)Nc2ncnc3nc[nH]c23)CCS(=O)(=O)C1. The third-order valence-electron chi connectivity index (χ3n) is 3.37. The molecule has 3 N–H and O–H groups in total. The van der Waals surface area contributed by atoms with Crippen LogP contribution in [-0.4, -0.2) is 50.5 Å². The van der Waals surface area contributed by atoms with Gasteiger partial charge >= 0.3 is 0 Å². The topological polar surface area (TPSA) is 113 Å². The molecule has 0 bridgehead atoms. The van der Waals surface area contributed by atoms with E-state index >= 15 is 0 Å². The number of thiocarbonyl (C=S) groups is 1. The van der Waals surface area contributed by atoms with Crippen LogP contribution in [0.2, 0.25) is 0 Å². The van der Waals surface area contributed by atoms with Crippen LogP contribution in [0.4, 0.5) is 5.82 Å². The second kappa shape index (κ2) is 4.88. The highest BCUT2D eigenvalue weighted by atomic mass is 32.2. The number of H-pyrrole nitrogens is 1. The Morgan fingerprint density at radius 3 is 2.95 bits per heavy atom. The third-order valence-corrected chi connectivity index (χ3v) is 5.48. The number of sulfone groups is 1. The molecule has 0 aromatic carbocycles. The maximum Gasteiger partial charge on any atom is 0.182 e. The largest absolute Gasteiger partial charge is 0.356 e. The van der Waals surface area contributed by atoms with E-state index in [-0.39, 0.29) is 11.5 Å². The first-order valence-corrected chi connectivity index (χ1v) is 8.54. The summed E-state index contributed by atoms with van der Waals surface area (Å²) < 4.78 is 23.2. The van der Waals surface area contributed by atoms with Crippen molar-refractivity contribution in [2.24, 2.45) is 0 Å². The number of imidazole rings is 1. The molecule has 21 heavy (non-hydrogen) atoms. The van der Waals surface area contributed by atoms with Crippen LogP contribution in [0.5, 0.6) is 0 Å². The average Bonchev–Trinajstić information content (AvgIpc) is 2.94. The van der Waals surface area contributed by atoms with Gasteiger partial charge < -0.3 is 15.6 Å². The quantitative estimate of drug-likeness (QED) is 0.672. The standard InChI is InChI=1S/C11H14N6O2S2/c1-11(2-3-21(18,19)4-11)17-10(20)16-9-7-8(13-5-12-7)14-6-15-9/h5-6H,2-4H2,1H3,(H3,12,13,14,15,16,17,20)/t11-/m0/s1. The Hall–Kier alpha value is -1.81. The number of hydrogen-bond acceptors (Lipinski definition) is 6. The van der Waals surface area contributed by atoms with E-state index in [4.69, 9.17) is 12.2 Å². The molecule has 0 amide bonds. The Kier molecular flexibility index (Phi) is 3.29. The predicted octanol–water partition coefficient (Wildman–Crippen LogP) is 0.217.